The van der Waals surface area contributed by atoms with Gasteiger partial charge in [-0.25, -0.2) is 0 Å². The topological polar surface area (TPSA) is 21.3 Å². The summed E-state index contributed by atoms with van der Waals surface area (Å²) in [6, 6.07) is 8.06. The molecular weight excluding hydrogens is 302 g/mol. The second kappa shape index (κ2) is 5.84. The molecule has 0 saturated heterocycles. The maximum atomic E-state index is 5.84. The molecule has 1 aliphatic rings. The summed E-state index contributed by atoms with van der Waals surface area (Å²) < 4.78 is 6.91. The molecule has 0 spiro atoms. The smallest absolute Gasteiger partial charge is 0.120 e. The largest absolute Gasteiger partial charge is 0.494 e. The number of rotatable bonds is 6. The number of benzene rings is 1. The number of nitrogens with one attached hydrogen (secondary N) is 1. The molecule has 106 valence electrons. The molecule has 0 amide bonds. The number of hydrogen-bond acceptors (Lipinski definition) is 2. The summed E-state index contributed by atoms with van der Waals surface area (Å²) in [6.45, 7) is 8.59. The molecule has 0 unspecified atom stereocenters. The highest BCUT2D eigenvalue weighted by molar-refractivity contribution is 9.10. The van der Waals surface area contributed by atoms with Gasteiger partial charge in [-0.05, 0) is 63.6 Å². The van der Waals surface area contributed by atoms with Crippen LogP contribution in [-0.2, 0) is 0 Å². The predicted octanol–water partition coefficient (Wildman–Crippen LogP) is 4.39. The molecule has 0 radical (unpaired) electrons. The molecule has 2 rings (SSSR count). The van der Waals surface area contributed by atoms with Crippen molar-refractivity contribution >= 4 is 15.9 Å². The summed E-state index contributed by atoms with van der Waals surface area (Å²) in [5.41, 5.74) is 0.694. The van der Waals surface area contributed by atoms with Crippen molar-refractivity contribution in [2.45, 2.75) is 45.6 Å². The molecule has 0 bridgehead atoms. The van der Waals surface area contributed by atoms with Crippen LogP contribution in [0.3, 0.4) is 0 Å². The Balaban J connectivity index is 1.73. The maximum Gasteiger partial charge on any atom is 0.120 e. The molecule has 1 fully saturated rings. The van der Waals surface area contributed by atoms with Crippen molar-refractivity contribution < 1.29 is 4.74 Å². The zero-order chi connectivity index (χ0) is 13.9. The second-order valence-electron chi connectivity index (χ2n) is 6.66. The highest BCUT2D eigenvalue weighted by Crippen LogP contribution is 2.48. The Morgan fingerprint density at radius 3 is 2.63 bits per heavy atom. The molecular formula is C16H24BrNO. The normalized spacial score (nSPS) is 17.3. The van der Waals surface area contributed by atoms with Crippen molar-refractivity contribution in [2.24, 2.45) is 5.41 Å². The van der Waals surface area contributed by atoms with Crippen LogP contribution in [0.2, 0.25) is 0 Å². The van der Waals surface area contributed by atoms with Gasteiger partial charge in [0.05, 0.1) is 6.61 Å². The van der Waals surface area contributed by atoms with Crippen LogP contribution in [0.1, 0.15) is 40.0 Å². The SMILES string of the molecule is CC(C)(C)NCC1(CCOc2cccc(Br)c2)CC1. The first-order valence-electron chi connectivity index (χ1n) is 7.02. The van der Waals surface area contributed by atoms with Crippen LogP contribution in [0.4, 0.5) is 0 Å². The van der Waals surface area contributed by atoms with E-state index in [2.05, 4.69) is 42.0 Å². The first-order valence-corrected chi connectivity index (χ1v) is 7.81. The van der Waals surface area contributed by atoms with Gasteiger partial charge in [-0.15, -0.1) is 0 Å². The van der Waals surface area contributed by atoms with Gasteiger partial charge in [0.25, 0.3) is 0 Å². The van der Waals surface area contributed by atoms with Crippen LogP contribution in [0.5, 0.6) is 5.75 Å². The summed E-state index contributed by atoms with van der Waals surface area (Å²) >= 11 is 3.46. The van der Waals surface area contributed by atoms with Gasteiger partial charge in [0.15, 0.2) is 0 Å². The van der Waals surface area contributed by atoms with Crippen LogP contribution >= 0.6 is 15.9 Å². The standard InChI is InChI=1S/C16H24BrNO/c1-15(2,3)18-12-16(7-8-16)9-10-19-14-6-4-5-13(17)11-14/h4-6,11,18H,7-10,12H2,1-3H3. The summed E-state index contributed by atoms with van der Waals surface area (Å²) in [4.78, 5) is 0. The minimum atomic E-state index is 0.209. The lowest BCUT2D eigenvalue weighted by atomic mass is 10.0. The number of halogens is 1. The zero-order valence-corrected chi connectivity index (χ0v) is 13.7. The van der Waals surface area contributed by atoms with E-state index in [0.717, 1.165) is 29.8 Å². The molecule has 2 nitrogen and oxygen atoms in total. The molecule has 1 aromatic rings. The lowest BCUT2D eigenvalue weighted by Crippen LogP contribution is -2.40. The highest BCUT2D eigenvalue weighted by Gasteiger charge is 2.42. The van der Waals surface area contributed by atoms with E-state index in [1.807, 2.05) is 24.3 Å². The summed E-state index contributed by atoms with van der Waals surface area (Å²) in [6.07, 6.45) is 3.80. The predicted molar refractivity (Wildman–Crippen MR) is 83.7 cm³/mol. The summed E-state index contributed by atoms with van der Waals surface area (Å²) in [5.74, 6) is 0.953. The molecule has 3 heteroatoms. The van der Waals surface area contributed by atoms with Gasteiger partial charge in [-0.3, -0.25) is 0 Å². The van der Waals surface area contributed by atoms with Gasteiger partial charge in [0, 0.05) is 16.6 Å². The van der Waals surface area contributed by atoms with Gasteiger partial charge in [-0.2, -0.15) is 0 Å². The van der Waals surface area contributed by atoms with Gasteiger partial charge >= 0.3 is 0 Å². The molecule has 0 aliphatic heterocycles. The van der Waals surface area contributed by atoms with Crippen molar-refractivity contribution in [2.75, 3.05) is 13.2 Å². The highest BCUT2D eigenvalue weighted by atomic mass is 79.9. The van der Waals surface area contributed by atoms with Crippen LogP contribution in [0.15, 0.2) is 28.7 Å². The van der Waals surface area contributed by atoms with Gasteiger partial charge in [0.1, 0.15) is 5.75 Å². The first kappa shape index (κ1) is 14.9. The average Bonchev–Trinajstić information content (AvgIpc) is 3.07. The average molecular weight is 326 g/mol. The maximum absolute atomic E-state index is 5.84. The monoisotopic (exact) mass is 325 g/mol. The molecule has 0 atom stereocenters. The van der Waals surface area contributed by atoms with E-state index in [4.69, 9.17) is 4.74 Å². The fourth-order valence-corrected chi connectivity index (χ4v) is 2.47. The zero-order valence-electron chi connectivity index (χ0n) is 12.1. The quantitative estimate of drug-likeness (QED) is 0.837. The molecule has 1 aromatic carbocycles. The fraction of sp³-hybridized carbons (Fsp3) is 0.625. The lowest BCUT2D eigenvalue weighted by Gasteiger charge is -2.25. The van der Waals surface area contributed by atoms with Crippen molar-refractivity contribution in [1.29, 1.82) is 0 Å². The summed E-state index contributed by atoms with van der Waals surface area (Å²) in [7, 11) is 0. The molecule has 1 N–H and O–H groups in total. The Morgan fingerprint density at radius 1 is 1.32 bits per heavy atom. The van der Waals surface area contributed by atoms with Gasteiger partial charge in [0.2, 0.25) is 0 Å². The van der Waals surface area contributed by atoms with E-state index in [1.165, 1.54) is 12.8 Å². The van der Waals surface area contributed by atoms with Crippen molar-refractivity contribution in [3.8, 4) is 5.75 Å². The van der Waals surface area contributed by atoms with Crippen LogP contribution in [0, 0.1) is 5.41 Å². The third-order valence-corrected chi connectivity index (χ3v) is 4.14. The van der Waals surface area contributed by atoms with E-state index in [0.29, 0.717) is 5.41 Å². The second-order valence-corrected chi connectivity index (χ2v) is 7.58. The lowest BCUT2D eigenvalue weighted by molar-refractivity contribution is 0.253. The van der Waals surface area contributed by atoms with E-state index in [-0.39, 0.29) is 5.54 Å². The molecule has 19 heavy (non-hydrogen) atoms. The Morgan fingerprint density at radius 2 is 2.05 bits per heavy atom. The molecule has 0 heterocycles. The Labute approximate surface area is 125 Å². The number of ether oxygens (including phenoxy) is 1. The van der Waals surface area contributed by atoms with E-state index >= 15 is 0 Å². The van der Waals surface area contributed by atoms with E-state index in [9.17, 15) is 0 Å². The first-order chi connectivity index (χ1) is 8.89. The van der Waals surface area contributed by atoms with Crippen molar-refractivity contribution in [3.63, 3.8) is 0 Å². The van der Waals surface area contributed by atoms with E-state index < -0.39 is 0 Å². The third kappa shape index (κ3) is 5.15. The number of hydrogen-bond donors (Lipinski definition) is 1. The molecule has 1 aliphatic carbocycles. The van der Waals surface area contributed by atoms with Crippen LogP contribution < -0.4 is 10.1 Å². The minimum Gasteiger partial charge on any atom is -0.494 e. The summed E-state index contributed by atoms with van der Waals surface area (Å²) in [5, 5.41) is 3.62. The molecule has 1 saturated carbocycles. The van der Waals surface area contributed by atoms with Crippen LogP contribution in [-0.4, -0.2) is 18.7 Å². The van der Waals surface area contributed by atoms with Gasteiger partial charge in [-0.1, -0.05) is 22.0 Å². The minimum absolute atomic E-state index is 0.209. The van der Waals surface area contributed by atoms with Crippen LogP contribution in [0.25, 0.3) is 0 Å². The third-order valence-electron chi connectivity index (χ3n) is 3.65. The van der Waals surface area contributed by atoms with E-state index in [1.54, 1.807) is 0 Å². The van der Waals surface area contributed by atoms with Crippen molar-refractivity contribution in [1.82, 2.24) is 5.32 Å². The Hall–Kier alpha value is -0.540. The Bertz CT molecular complexity index is 421. The Kier molecular flexibility index (Phi) is 4.57. The fourth-order valence-electron chi connectivity index (χ4n) is 2.09. The van der Waals surface area contributed by atoms with Crippen molar-refractivity contribution in [3.05, 3.63) is 28.7 Å². The van der Waals surface area contributed by atoms with Gasteiger partial charge < -0.3 is 10.1 Å². The molecule has 0 aromatic heterocycles.